The summed E-state index contributed by atoms with van der Waals surface area (Å²) in [5.74, 6) is -0.120. The number of carbonyl (C=O) groups is 1. The number of nitrogens with one attached hydrogen (secondary N) is 1. The molecule has 1 heterocycles. The van der Waals surface area contributed by atoms with Crippen molar-refractivity contribution in [3.8, 4) is 0 Å². The summed E-state index contributed by atoms with van der Waals surface area (Å²) in [5, 5.41) is 3.45. The first-order valence-electron chi connectivity index (χ1n) is 6.72. The second-order valence-corrected chi connectivity index (χ2v) is 5.68. The minimum absolute atomic E-state index is 0.120. The summed E-state index contributed by atoms with van der Waals surface area (Å²) in [5.41, 5.74) is 1.78. The first-order valence-corrected chi connectivity index (χ1v) is 7.54. The van der Waals surface area contributed by atoms with Crippen molar-refractivity contribution in [3.63, 3.8) is 0 Å². The van der Waals surface area contributed by atoms with Crippen LogP contribution in [0.1, 0.15) is 29.1 Å². The van der Waals surface area contributed by atoms with Crippen LogP contribution in [-0.4, -0.2) is 24.0 Å². The van der Waals surface area contributed by atoms with Crippen molar-refractivity contribution in [1.82, 2.24) is 4.98 Å². The first-order chi connectivity index (χ1) is 9.63. The fourth-order valence-corrected chi connectivity index (χ4v) is 2.65. The Hall–Kier alpha value is -1.88. The molecule has 1 amide bonds. The molecule has 1 aromatic heterocycles. The molecule has 0 atom stereocenters. The lowest BCUT2D eigenvalue weighted by atomic mass is 10.2. The zero-order valence-electron chi connectivity index (χ0n) is 12.0. The Bertz CT molecular complexity index is 573. The Morgan fingerprint density at radius 3 is 2.40 bits per heavy atom. The SMILES string of the molecule is CCN(CC)c1ccc(C(=O)Nc2ncc(C)s2)cc1. The summed E-state index contributed by atoms with van der Waals surface area (Å²) in [6.45, 7) is 8.12. The molecule has 5 heteroatoms. The molecular weight excluding hydrogens is 270 g/mol. The van der Waals surface area contributed by atoms with E-state index in [0.717, 1.165) is 23.7 Å². The molecule has 20 heavy (non-hydrogen) atoms. The van der Waals surface area contributed by atoms with Gasteiger partial charge in [0.15, 0.2) is 5.13 Å². The van der Waals surface area contributed by atoms with Gasteiger partial charge in [-0.25, -0.2) is 4.98 Å². The number of rotatable bonds is 5. The van der Waals surface area contributed by atoms with E-state index in [1.807, 2.05) is 31.2 Å². The van der Waals surface area contributed by atoms with Crippen LogP contribution < -0.4 is 10.2 Å². The van der Waals surface area contributed by atoms with E-state index in [1.54, 1.807) is 6.20 Å². The molecule has 0 bridgehead atoms. The van der Waals surface area contributed by atoms with E-state index >= 15 is 0 Å². The summed E-state index contributed by atoms with van der Waals surface area (Å²) in [4.78, 5) is 19.5. The van der Waals surface area contributed by atoms with Crippen LogP contribution in [0.3, 0.4) is 0 Å². The molecule has 0 saturated carbocycles. The predicted molar refractivity (Wildman–Crippen MR) is 84.8 cm³/mol. The average Bonchev–Trinajstić information content (AvgIpc) is 2.86. The van der Waals surface area contributed by atoms with Crippen LogP contribution in [0.4, 0.5) is 10.8 Å². The Kier molecular flexibility index (Phi) is 4.74. The number of amides is 1. The quantitative estimate of drug-likeness (QED) is 0.915. The van der Waals surface area contributed by atoms with E-state index in [-0.39, 0.29) is 5.91 Å². The van der Waals surface area contributed by atoms with E-state index < -0.39 is 0 Å². The van der Waals surface area contributed by atoms with E-state index in [2.05, 4.69) is 29.0 Å². The lowest BCUT2D eigenvalue weighted by Crippen LogP contribution is -2.21. The standard InChI is InChI=1S/C15H19N3OS/c1-4-18(5-2)13-8-6-12(7-9-13)14(19)17-15-16-10-11(3)20-15/h6-10H,4-5H2,1-3H3,(H,16,17,19). The van der Waals surface area contributed by atoms with Crippen LogP contribution in [0, 0.1) is 6.92 Å². The molecule has 1 N–H and O–H groups in total. The number of benzene rings is 1. The Morgan fingerprint density at radius 2 is 1.90 bits per heavy atom. The van der Waals surface area contributed by atoms with E-state index in [0.29, 0.717) is 10.7 Å². The van der Waals surface area contributed by atoms with Gasteiger partial charge in [0.2, 0.25) is 0 Å². The molecule has 0 saturated heterocycles. The van der Waals surface area contributed by atoms with Gasteiger partial charge < -0.3 is 4.90 Å². The summed E-state index contributed by atoms with van der Waals surface area (Å²) < 4.78 is 0. The zero-order chi connectivity index (χ0) is 14.5. The van der Waals surface area contributed by atoms with Crippen molar-refractivity contribution in [2.24, 2.45) is 0 Å². The number of nitrogens with zero attached hydrogens (tertiary/aromatic N) is 2. The fraction of sp³-hybridized carbons (Fsp3) is 0.333. The number of aromatic nitrogens is 1. The topological polar surface area (TPSA) is 45.2 Å². The van der Waals surface area contributed by atoms with Crippen molar-refractivity contribution in [3.05, 3.63) is 40.9 Å². The van der Waals surface area contributed by atoms with Crippen molar-refractivity contribution in [2.75, 3.05) is 23.3 Å². The van der Waals surface area contributed by atoms with Crippen LogP contribution in [0.5, 0.6) is 0 Å². The number of aryl methyl sites for hydroxylation is 1. The predicted octanol–water partition coefficient (Wildman–Crippen LogP) is 3.55. The van der Waals surface area contributed by atoms with Crippen LogP contribution in [0.15, 0.2) is 30.5 Å². The van der Waals surface area contributed by atoms with Gasteiger partial charge in [-0.15, -0.1) is 11.3 Å². The lowest BCUT2D eigenvalue weighted by Gasteiger charge is -2.20. The van der Waals surface area contributed by atoms with Crippen molar-refractivity contribution < 1.29 is 4.79 Å². The average molecular weight is 289 g/mol. The van der Waals surface area contributed by atoms with Crippen LogP contribution >= 0.6 is 11.3 Å². The van der Waals surface area contributed by atoms with Gasteiger partial charge in [-0.3, -0.25) is 10.1 Å². The van der Waals surface area contributed by atoms with Gasteiger partial charge in [-0.1, -0.05) is 0 Å². The third-order valence-corrected chi connectivity index (χ3v) is 3.93. The number of thiazole rings is 1. The highest BCUT2D eigenvalue weighted by Crippen LogP contribution is 2.19. The highest BCUT2D eigenvalue weighted by Gasteiger charge is 2.09. The van der Waals surface area contributed by atoms with E-state index in [9.17, 15) is 4.79 Å². The molecule has 0 unspecified atom stereocenters. The van der Waals surface area contributed by atoms with Crippen LogP contribution in [0.25, 0.3) is 0 Å². The van der Waals surface area contributed by atoms with Crippen molar-refractivity contribution in [2.45, 2.75) is 20.8 Å². The van der Waals surface area contributed by atoms with Crippen LogP contribution in [-0.2, 0) is 0 Å². The normalized spacial score (nSPS) is 10.3. The van der Waals surface area contributed by atoms with Gasteiger partial charge in [-0.05, 0) is 45.0 Å². The zero-order valence-corrected chi connectivity index (χ0v) is 12.8. The molecular formula is C15H19N3OS. The van der Waals surface area contributed by atoms with Crippen molar-refractivity contribution in [1.29, 1.82) is 0 Å². The first kappa shape index (κ1) is 14.5. The summed E-state index contributed by atoms with van der Waals surface area (Å²) in [7, 11) is 0. The maximum atomic E-state index is 12.1. The molecule has 0 fully saturated rings. The summed E-state index contributed by atoms with van der Waals surface area (Å²) in [6, 6.07) is 7.66. The van der Waals surface area contributed by atoms with Gasteiger partial charge in [-0.2, -0.15) is 0 Å². The van der Waals surface area contributed by atoms with E-state index in [1.165, 1.54) is 11.3 Å². The minimum atomic E-state index is -0.120. The number of hydrogen-bond donors (Lipinski definition) is 1. The van der Waals surface area contributed by atoms with Gasteiger partial charge in [0, 0.05) is 35.4 Å². The molecule has 0 aliphatic carbocycles. The molecule has 0 aliphatic rings. The van der Waals surface area contributed by atoms with Gasteiger partial charge in [0.25, 0.3) is 5.91 Å². The summed E-state index contributed by atoms with van der Waals surface area (Å²) >= 11 is 1.47. The summed E-state index contributed by atoms with van der Waals surface area (Å²) in [6.07, 6.45) is 1.75. The van der Waals surface area contributed by atoms with Gasteiger partial charge >= 0.3 is 0 Å². The third-order valence-electron chi connectivity index (χ3n) is 3.10. The molecule has 2 aromatic rings. The largest absolute Gasteiger partial charge is 0.372 e. The van der Waals surface area contributed by atoms with E-state index in [4.69, 9.17) is 0 Å². The Labute approximate surface area is 123 Å². The number of hydrogen-bond acceptors (Lipinski definition) is 4. The fourth-order valence-electron chi connectivity index (χ4n) is 1.99. The highest BCUT2D eigenvalue weighted by molar-refractivity contribution is 7.15. The molecule has 106 valence electrons. The molecule has 4 nitrogen and oxygen atoms in total. The Morgan fingerprint density at radius 1 is 1.25 bits per heavy atom. The molecule has 0 radical (unpaired) electrons. The smallest absolute Gasteiger partial charge is 0.257 e. The highest BCUT2D eigenvalue weighted by atomic mass is 32.1. The number of anilines is 2. The Balaban J connectivity index is 2.07. The van der Waals surface area contributed by atoms with Crippen molar-refractivity contribution >= 4 is 28.1 Å². The molecule has 2 rings (SSSR count). The lowest BCUT2D eigenvalue weighted by molar-refractivity contribution is 0.102. The second-order valence-electron chi connectivity index (χ2n) is 4.45. The van der Waals surface area contributed by atoms with Gasteiger partial charge in [0.1, 0.15) is 0 Å². The minimum Gasteiger partial charge on any atom is -0.372 e. The molecule has 0 spiro atoms. The third kappa shape index (κ3) is 3.36. The van der Waals surface area contributed by atoms with Gasteiger partial charge in [0.05, 0.1) is 0 Å². The maximum Gasteiger partial charge on any atom is 0.257 e. The van der Waals surface area contributed by atoms with Crippen LogP contribution in [0.2, 0.25) is 0 Å². The second kappa shape index (κ2) is 6.52. The monoisotopic (exact) mass is 289 g/mol. The molecule has 0 aliphatic heterocycles. The number of carbonyl (C=O) groups excluding carboxylic acids is 1. The maximum absolute atomic E-state index is 12.1. The molecule has 1 aromatic carbocycles.